The SMILES string of the molecule is COc1cc(CCC(=O)NCCO)cc2c(C(=O)OCc3cc(F)cc(F)c3)coc12. The van der Waals surface area contributed by atoms with Crippen molar-refractivity contribution >= 4 is 22.8 Å². The normalized spacial score (nSPS) is 10.8. The molecule has 164 valence electrons. The Morgan fingerprint density at radius 3 is 2.52 bits per heavy atom. The lowest BCUT2D eigenvalue weighted by atomic mass is 10.0. The fourth-order valence-corrected chi connectivity index (χ4v) is 3.08. The van der Waals surface area contributed by atoms with Gasteiger partial charge in [-0.3, -0.25) is 4.79 Å². The van der Waals surface area contributed by atoms with Crippen LogP contribution in [-0.2, 0) is 22.6 Å². The lowest BCUT2D eigenvalue weighted by Crippen LogP contribution is -2.26. The summed E-state index contributed by atoms with van der Waals surface area (Å²) in [5.41, 5.74) is 1.36. The van der Waals surface area contributed by atoms with E-state index in [1.165, 1.54) is 13.4 Å². The summed E-state index contributed by atoms with van der Waals surface area (Å²) < 4.78 is 42.6. The van der Waals surface area contributed by atoms with Gasteiger partial charge in [-0.25, -0.2) is 13.6 Å². The van der Waals surface area contributed by atoms with Crippen LogP contribution in [-0.4, -0.2) is 37.2 Å². The van der Waals surface area contributed by atoms with Gasteiger partial charge in [-0.05, 0) is 41.8 Å². The predicted molar refractivity (Wildman–Crippen MR) is 107 cm³/mol. The largest absolute Gasteiger partial charge is 0.493 e. The Hall–Kier alpha value is -3.46. The second-order valence-corrected chi connectivity index (χ2v) is 6.75. The molecule has 0 bridgehead atoms. The van der Waals surface area contributed by atoms with Crippen molar-refractivity contribution in [1.82, 2.24) is 5.32 Å². The topological polar surface area (TPSA) is 98.0 Å². The molecule has 0 atom stereocenters. The molecule has 0 spiro atoms. The molecule has 31 heavy (non-hydrogen) atoms. The van der Waals surface area contributed by atoms with Gasteiger partial charge in [-0.15, -0.1) is 0 Å². The van der Waals surface area contributed by atoms with Crippen LogP contribution in [0.4, 0.5) is 8.78 Å². The number of aliphatic hydroxyl groups excluding tert-OH is 1. The molecule has 1 aromatic heterocycles. The second-order valence-electron chi connectivity index (χ2n) is 6.75. The van der Waals surface area contributed by atoms with E-state index in [9.17, 15) is 18.4 Å². The highest BCUT2D eigenvalue weighted by atomic mass is 19.1. The molecule has 2 N–H and O–H groups in total. The average molecular weight is 433 g/mol. The summed E-state index contributed by atoms with van der Waals surface area (Å²) in [6, 6.07) is 6.28. The van der Waals surface area contributed by atoms with Gasteiger partial charge in [0.25, 0.3) is 0 Å². The molecule has 0 radical (unpaired) electrons. The number of hydrogen-bond acceptors (Lipinski definition) is 6. The minimum Gasteiger partial charge on any atom is -0.493 e. The van der Waals surface area contributed by atoms with Gasteiger partial charge in [0, 0.05) is 24.4 Å². The first-order chi connectivity index (χ1) is 14.9. The monoisotopic (exact) mass is 433 g/mol. The third-order valence-electron chi connectivity index (χ3n) is 4.51. The third-order valence-corrected chi connectivity index (χ3v) is 4.51. The summed E-state index contributed by atoms with van der Waals surface area (Å²) in [6.45, 7) is -0.287. The molecule has 0 aliphatic carbocycles. The number of carbonyl (C=O) groups excluding carboxylic acids is 2. The van der Waals surface area contributed by atoms with Gasteiger partial charge >= 0.3 is 5.97 Å². The molecule has 0 saturated carbocycles. The van der Waals surface area contributed by atoms with E-state index in [0.29, 0.717) is 23.1 Å². The predicted octanol–water partition coefficient (Wildman–Crippen LogP) is 3.12. The maximum Gasteiger partial charge on any atom is 0.342 e. The number of esters is 1. The lowest BCUT2D eigenvalue weighted by Gasteiger charge is -2.08. The van der Waals surface area contributed by atoms with E-state index < -0.39 is 17.6 Å². The Labute approximate surface area is 176 Å². The van der Waals surface area contributed by atoms with Crippen molar-refractivity contribution in [1.29, 1.82) is 0 Å². The highest BCUT2D eigenvalue weighted by molar-refractivity contribution is 6.04. The fraction of sp³-hybridized carbons (Fsp3) is 0.273. The van der Waals surface area contributed by atoms with Crippen LogP contribution >= 0.6 is 0 Å². The van der Waals surface area contributed by atoms with E-state index in [0.717, 1.165) is 23.8 Å². The minimum absolute atomic E-state index is 0.122. The molecule has 0 aliphatic rings. The number of hydrogen-bond donors (Lipinski definition) is 2. The minimum atomic E-state index is -0.766. The number of furan rings is 1. The van der Waals surface area contributed by atoms with Crippen LogP contribution < -0.4 is 10.1 Å². The summed E-state index contributed by atoms with van der Waals surface area (Å²) in [5, 5.41) is 11.8. The van der Waals surface area contributed by atoms with Crippen LogP contribution in [0.1, 0.15) is 27.9 Å². The zero-order valence-electron chi connectivity index (χ0n) is 16.7. The first kappa shape index (κ1) is 22.2. The quantitative estimate of drug-likeness (QED) is 0.503. The van der Waals surface area contributed by atoms with Crippen molar-refractivity contribution in [2.45, 2.75) is 19.4 Å². The number of amides is 1. The maximum absolute atomic E-state index is 13.3. The van der Waals surface area contributed by atoms with E-state index >= 15 is 0 Å². The molecule has 9 heteroatoms. The van der Waals surface area contributed by atoms with Crippen LogP contribution in [0.2, 0.25) is 0 Å². The second kappa shape index (κ2) is 10.0. The molecule has 1 heterocycles. The first-order valence-corrected chi connectivity index (χ1v) is 9.49. The molecule has 3 aromatic rings. The van der Waals surface area contributed by atoms with E-state index in [1.54, 1.807) is 12.1 Å². The number of nitrogens with one attached hydrogen (secondary N) is 1. The summed E-state index contributed by atoms with van der Waals surface area (Å²) in [6.07, 6.45) is 1.77. The van der Waals surface area contributed by atoms with Gasteiger partial charge in [0.2, 0.25) is 5.91 Å². The summed E-state index contributed by atoms with van der Waals surface area (Å²) >= 11 is 0. The van der Waals surface area contributed by atoms with Crippen molar-refractivity contribution in [2.24, 2.45) is 0 Å². The van der Waals surface area contributed by atoms with Crippen molar-refractivity contribution in [3.05, 3.63) is 64.9 Å². The number of benzene rings is 2. The van der Waals surface area contributed by atoms with Gasteiger partial charge < -0.3 is 24.3 Å². The lowest BCUT2D eigenvalue weighted by molar-refractivity contribution is -0.121. The van der Waals surface area contributed by atoms with Gasteiger partial charge in [-0.2, -0.15) is 0 Å². The molecule has 7 nitrogen and oxygen atoms in total. The van der Waals surface area contributed by atoms with Crippen molar-refractivity contribution < 1.29 is 37.4 Å². The van der Waals surface area contributed by atoms with E-state index in [-0.39, 0.29) is 43.2 Å². The molecule has 0 saturated heterocycles. The van der Waals surface area contributed by atoms with Gasteiger partial charge in [0.05, 0.1) is 13.7 Å². The Morgan fingerprint density at radius 2 is 1.84 bits per heavy atom. The summed E-state index contributed by atoms with van der Waals surface area (Å²) in [4.78, 5) is 24.3. The number of ether oxygens (including phenoxy) is 2. The summed E-state index contributed by atoms with van der Waals surface area (Å²) in [7, 11) is 1.45. The molecule has 0 fully saturated rings. The number of rotatable bonds is 9. The van der Waals surface area contributed by atoms with Crippen LogP contribution in [0.25, 0.3) is 11.0 Å². The molecule has 2 aromatic carbocycles. The number of carbonyl (C=O) groups is 2. The highest BCUT2D eigenvalue weighted by Gasteiger charge is 2.19. The summed E-state index contributed by atoms with van der Waals surface area (Å²) in [5.74, 6) is -2.10. The molecule has 1 amide bonds. The third kappa shape index (κ3) is 5.58. The van der Waals surface area contributed by atoms with Crippen LogP contribution in [0.3, 0.4) is 0 Å². The van der Waals surface area contributed by atoms with Crippen molar-refractivity contribution in [3.8, 4) is 5.75 Å². The number of aryl methyl sites for hydroxylation is 1. The standard InChI is InChI=1S/C22H21F2NO6/c1-29-19-9-13(2-3-20(27)25-4-5-26)8-17-18(12-30-21(17)19)22(28)31-11-14-6-15(23)10-16(24)7-14/h6-10,12,26H,2-5,11H2,1H3,(H,25,27). The van der Waals surface area contributed by atoms with Gasteiger partial charge in [-0.1, -0.05) is 0 Å². The number of fused-ring (bicyclic) bond motifs is 1. The zero-order chi connectivity index (χ0) is 22.4. The van der Waals surface area contributed by atoms with Crippen LogP contribution in [0.15, 0.2) is 41.0 Å². The first-order valence-electron chi connectivity index (χ1n) is 9.49. The number of halogens is 2. The molecule has 3 rings (SSSR count). The van der Waals surface area contributed by atoms with E-state index in [4.69, 9.17) is 19.0 Å². The Kier molecular flexibility index (Phi) is 7.19. The number of aliphatic hydroxyl groups is 1. The van der Waals surface area contributed by atoms with E-state index in [2.05, 4.69) is 5.32 Å². The van der Waals surface area contributed by atoms with Crippen molar-refractivity contribution in [3.63, 3.8) is 0 Å². The fourth-order valence-electron chi connectivity index (χ4n) is 3.08. The molecular weight excluding hydrogens is 412 g/mol. The maximum atomic E-state index is 13.3. The highest BCUT2D eigenvalue weighted by Crippen LogP contribution is 2.32. The molecule has 0 aliphatic heterocycles. The van der Waals surface area contributed by atoms with Crippen LogP contribution in [0, 0.1) is 11.6 Å². The van der Waals surface area contributed by atoms with E-state index in [1.807, 2.05) is 0 Å². The number of methoxy groups -OCH3 is 1. The van der Waals surface area contributed by atoms with Gasteiger partial charge in [0.1, 0.15) is 30.1 Å². The Balaban J connectivity index is 1.78. The molecule has 0 unspecified atom stereocenters. The van der Waals surface area contributed by atoms with Crippen LogP contribution in [0.5, 0.6) is 5.75 Å². The zero-order valence-corrected chi connectivity index (χ0v) is 16.7. The van der Waals surface area contributed by atoms with Gasteiger partial charge in [0.15, 0.2) is 11.3 Å². The molecular formula is C22H21F2NO6. The Morgan fingerprint density at radius 1 is 1.10 bits per heavy atom. The smallest absolute Gasteiger partial charge is 0.342 e. The van der Waals surface area contributed by atoms with Crippen molar-refractivity contribution in [2.75, 3.05) is 20.3 Å². The average Bonchev–Trinajstić information content (AvgIpc) is 3.17. The Bertz CT molecular complexity index is 1070.